The number of nitrogens with zero attached hydrogens (tertiary/aromatic N) is 2. The molecule has 1 aliphatic rings. The maximum atomic E-state index is 13.4. The Bertz CT molecular complexity index is 683. The fourth-order valence-electron chi connectivity index (χ4n) is 2.67. The Kier molecular flexibility index (Phi) is 4.46. The lowest BCUT2D eigenvalue weighted by Crippen LogP contribution is -2.44. The molecule has 2 heterocycles. The van der Waals surface area contributed by atoms with Gasteiger partial charge < -0.3 is 10.2 Å². The van der Waals surface area contributed by atoms with Crippen LogP contribution in [0.3, 0.4) is 0 Å². The second kappa shape index (κ2) is 6.37. The number of pyridine rings is 1. The smallest absolute Gasteiger partial charge is 0.354 e. The molecule has 1 N–H and O–H groups in total. The summed E-state index contributed by atoms with van der Waals surface area (Å²) in [5.74, 6) is 0.475. The molecule has 3 rings (SSSR count). The number of hydrogen-bond donors (Lipinski definition) is 1. The third-order valence-corrected chi connectivity index (χ3v) is 4.04. The van der Waals surface area contributed by atoms with Gasteiger partial charge >= 0.3 is 6.18 Å². The van der Waals surface area contributed by atoms with E-state index in [-0.39, 0.29) is 5.56 Å². The molecule has 2 aromatic rings. The molecule has 3 nitrogen and oxygen atoms in total. The van der Waals surface area contributed by atoms with E-state index in [4.69, 9.17) is 11.6 Å². The second-order valence-electron chi connectivity index (χ2n) is 5.29. The summed E-state index contributed by atoms with van der Waals surface area (Å²) in [5.41, 5.74) is -0.351. The molecule has 1 aromatic heterocycles. The Labute approximate surface area is 137 Å². The minimum absolute atomic E-state index is 0.0617. The van der Waals surface area contributed by atoms with Gasteiger partial charge in [0.1, 0.15) is 16.5 Å². The van der Waals surface area contributed by atoms with Gasteiger partial charge in [-0.1, -0.05) is 41.9 Å². The van der Waals surface area contributed by atoms with Gasteiger partial charge in [0, 0.05) is 31.7 Å². The summed E-state index contributed by atoms with van der Waals surface area (Å²) in [6, 6.07) is 9.93. The molecular formula is C16H15ClF3N3. The third kappa shape index (κ3) is 3.43. The van der Waals surface area contributed by atoms with Crippen LogP contribution in [0, 0.1) is 0 Å². The van der Waals surface area contributed by atoms with Crippen LogP contribution in [-0.4, -0.2) is 31.2 Å². The predicted molar refractivity (Wildman–Crippen MR) is 84.8 cm³/mol. The van der Waals surface area contributed by atoms with Crippen molar-refractivity contribution in [1.29, 1.82) is 0 Å². The number of rotatable bonds is 2. The van der Waals surface area contributed by atoms with E-state index < -0.39 is 16.9 Å². The van der Waals surface area contributed by atoms with E-state index >= 15 is 0 Å². The van der Waals surface area contributed by atoms with E-state index in [1.165, 1.54) is 6.07 Å². The first-order valence-electron chi connectivity index (χ1n) is 7.25. The van der Waals surface area contributed by atoms with Crippen LogP contribution < -0.4 is 10.2 Å². The predicted octanol–water partition coefficient (Wildman–Crippen LogP) is 3.83. The number of aromatic nitrogens is 1. The maximum Gasteiger partial charge on any atom is 0.419 e. The van der Waals surface area contributed by atoms with Gasteiger partial charge in [0.05, 0.1) is 0 Å². The Morgan fingerprint density at radius 2 is 1.74 bits per heavy atom. The Morgan fingerprint density at radius 1 is 1.09 bits per heavy atom. The van der Waals surface area contributed by atoms with Crippen molar-refractivity contribution >= 4 is 17.4 Å². The summed E-state index contributed by atoms with van der Waals surface area (Å²) in [7, 11) is 0. The standard InChI is InChI=1S/C16H15ClF3N3/c17-15-14(16(18,19)20)12(11-4-2-1-3-5-11)10-13(22-15)23-8-6-21-7-9-23/h1-5,10,21H,6-9H2. The van der Waals surface area contributed by atoms with Gasteiger partial charge in [-0.3, -0.25) is 0 Å². The molecule has 7 heteroatoms. The van der Waals surface area contributed by atoms with E-state index in [0.717, 1.165) is 13.1 Å². The van der Waals surface area contributed by atoms with Gasteiger partial charge in [-0.25, -0.2) is 4.98 Å². The summed E-state index contributed by atoms with van der Waals surface area (Å²) in [6.45, 7) is 2.90. The first kappa shape index (κ1) is 16.1. The number of halogens is 4. The van der Waals surface area contributed by atoms with Crippen LogP contribution in [0.5, 0.6) is 0 Å². The number of benzene rings is 1. The van der Waals surface area contributed by atoms with Gasteiger partial charge in [-0.2, -0.15) is 13.2 Å². The average Bonchev–Trinajstić information content (AvgIpc) is 2.54. The van der Waals surface area contributed by atoms with Crippen molar-refractivity contribution < 1.29 is 13.2 Å². The average molecular weight is 342 g/mol. The van der Waals surface area contributed by atoms with Gasteiger partial charge in [0.2, 0.25) is 0 Å². The van der Waals surface area contributed by atoms with Crippen LogP contribution in [0.25, 0.3) is 11.1 Å². The lowest BCUT2D eigenvalue weighted by molar-refractivity contribution is -0.137. The highest BCUT2D eigenvalue weighted by Crippen LogP contribution is 2.42. The van der Waals surface area contributed by atoms with Gasteiger partial charge in [-0.05, 0) is 11.6 Å². The Hall–Kier alpha value is -1.79. The normalized spacial score (nSPS) is 15.7. The van der Waals surface area contributed by atoms with Crippen LogP contribution in [0.4, 0.5) is 19.0 Å². The number of anilines is 1. The van der Waals surface area contributed by atoms with Gasteiger partial charge in [0.15, 0.2) is 0 Å². The Balaban J connectivity index is 2.14. The summed E-state index contributed by atoms with van der Waals surface area (Å²) in [5, 5.41) is 2.69. The van der Waals surface area contributed by atoms with Crippen LogP contribution in [-0.2, 0) is 6.18 Å². The number of alkyl halides is 3. The minimum atomic E-state index is -4.56. The zero-order valence-electron chi connectivity index (χ0n) is 12.2. The van der Waals surface area contributed by atoms with Crippen molar-refractivity contribution in [3.8, 4) is 11.1 Å². The molecule has 1 saturated heterocycles. The highest BCUT2D eigenvalue weighted by Gasteiger charge is 2.38. The summed E-state index contributed by atoms with van der Waals surface area (Å²) >= 11 is 5.91. The molecule has 0 bridgehead atoms. The largest absolute Gasteiger partial charge is 0.419 e. The Morgan fingerprint density at radius 3 is 2.35 bits per heavy atom. The van der Waals surface area contributed by atoms with Gasteiger partial charge in [0.25, 0.3) is 0 Å². The van der Waals surface area contributed by atoms with Crippen molar-refractivity contribution in [2.24, 2.45) is 0 Å². The highest BCUT2D eigenvalue weighted by atomic mass is 35.5. The van der Waals surface area contributed by atoms with Crippen LogP contribution in [0.15, 0.2) is 36.4 Å². The van der Waals surface area contributed by atoms with Gasteiger partial charge in [-0.15, -0.1) is 0 Å². The van der Waals surface area contributed by atoms with E-state index in [9.17, 15) is 13.2 Å². The zero-order valence-corrected chi connectivity index (χ0v) is 13.0. The summed E-state index contributed by atoms with van der Waals surface area (Å²) in [4.78, 5) is 5.93. The number of nitrogens with one attached hydrogen (secondary N) is 1. The molecule has 1 aliphatic heterocycles. The summed E-state index contributed by atoms with van der Waals surface area (Å²) in [6.07, 6.45) is -4.56. The molecule has 0 saturated carbocycles. The molecule has 0 unspecified atom stereocenters. The van der Waals surface area contributed by atoms with Crippen molar-refractivity contribution in [3.63, 3.8) is 0 Å². The van der Waals surface area contributed by atoms with E-state index in [1.54, 1.807) is 30.3 Å². The molecule has 0 atom stereocenters. The first-order valence-corrected chi connectivity index (χ1v) is 7.63. The van der Waals surface area contributed by atoms with E-state index in [2.05, 4.69) is 10.3 Å². The van der Waals surface area contributed by atoms with Crippen molar-refractivity contribution in [2.75, 3.05) is 31.1 Å². The number of piperazine rings is 1. The number of hydrogen-bond acceptors (Lipinski definition) is 3. The molecule has 0 aliphatic carbocycles. The molecule has 0 amide bonds. The van der Waals surface area contributed by atoms with Crippen LogP contribution >= 0.6 is 11.6 Å². The molecular weight excluding hydrogens is 327 g/mol. The SMILES string of the molecule is FC(F)(F)c1c(-c2ccccc2)cc(N2CCNCC2)nc1Cl. The molecule has 1 aromatic carbocycles. The maximum absolute atomic E-state index is 13.4. The molecule has 1 fully saturated rings. The second-order valence-corrected chi connectivity index (χ2v) is 5.65. The van der Waals surface area contributed by atoms with E-state index in [1.807, 2.05) is 4.90 Å². The fraction of sp³-hybridized carbons (Fsp3) is 0.312. The molecule has 0 radical (unpaired) electrons. The lowest BCUT2D eigenvalue weighted by Gasteiger charge is -2.29. The van der Waals surface area contributed by atoms with Crippen LogP contribution in [0.2, 0.25) is 5.15 Å². The van der Waals surface area contributed by atoms with Crippen molar-refractivity contribution in [3.05, 3.63) is 47.1 Å². The molecule has 0 spiro atoms. The lowest BCUT2D eigenvalue weighted by atomic mass is 10.0. The molecule has 23 heavy (non-hydrogen) atoms. The topological polar surface area (TPSA) is 28.2 Å². The highest BCUT2D eigenvalue weighted by molar-refractivity contribution is 6.30. The monoisotopic (exact) mass is 341 g/mol. The summed E-state index contributed by atoms with van der Waals surface area (Å²) < 4.78 is 40.3. The minimum Gasteiger partial charge on any atom is -0.354 e. The van der Waals surface area contributed by atoms with E-state index in [0.29, 0.717) is 24.5 Å². The fourth-order valence-corrected chi connectivity index (χ4v) is 2.97. The third-order valence-electron chi connectivity index (χ3n) is 3.77. The van der Waals surface area contributed by atoms with Crippen molar-refractivity contribution in [2.45, 2.75) is 6.18 Å². The van der Waals surface area contributed by atoms with Crippen molar-refractivity contribution in [1.82, 2.24) is 10.3 Å². The van der Waals surface area contributed by atoms with Crippen LogP contribution in [0.1, 0.15) is 5.56 Å². The molecule has 122 valence electrons. The first-order chi connectivity index (χ1) is 11.0. The zero-order chi connectivity index (χ0) is 16.4. The quantitative estimate of drug-likeness (QED) is 0.841.